The number of amides is 1. The van der Waals surface area contributed by atoms with Crippen LogP contribution in [0.5, 0.6) is 5.75 Å². The quantitative estimate of drug-likeness (QED) is 0.766. The Hall–Kier alpha value is -2.24. The average Bonchev–Trinajstić information content (AvgIpc) is 3.35. The second kappa shape index (κ2) is 8.23. The van der Waals surface area contributed by atoms with Crippen molar-refractivity contribution in [3.63, 3.8) is 0 Å². The zero-order valence-electron chi connectivity index (χ0n) is 15.3. The third-order valence-electron chi connectivity index (χ3n) is 3.72. The number of hydrogen-bond acceptors (Lipinski definition) is 5. The zero-order chi connectivity index (χ0) is 18.4. The van der Waals surface area contributed by atoms with Gasteiger partial charge in [-0.1, -0.05) is 12.1 Å². The Balaban J connectivity index is 1.93. The Labute approximate surface area is 148 Å². The molecule has 0 radical (unpaired) electrons. The molecular weight excluding hydrogens is 322 g/mol. The predicted molar refractivity (Wildman–Crippen MR) is 93.5 cm³/mol. The molecule has 2 rings (SSSR count). The molecule has 1 saturated carbocycles. The van der Waals surface area contributed by atoms with E-state index in [0.29, 0.717) is 12.3 Å². The number of carbonyl (C=O) groups excluding carboxylic acids is 2. The summed E-state index contributed by atoms with van der Waals surface area (Å²) in [7, 11) is 1.29. The fourth-order valence-corrected chi connectivity index (χ4v) is 2.24. The van der Waals surface area contributed by atoms with Gasteiger partial charge in [0.2, 0.25) is 0 Å². The Morgan fingerprint density at radius 3 is 2.36 bits per heavy atom. The second-order valence-corrected chi connectivity index (χ2v) is 7.32. The summed E-state index contributed by atoms with van der Waals surface area (Å²) in [5, 5.41) is 2.57. The molecule has 0 spiro atoms. The summed E-state index contributed by atoms with van der Waals surface area (Å²) in [5.74, 6) is 0.992. The van der Waals surface area contributed by atoms with Gasteiger partial charge in [0.15, 0.2) is 0 Å². The van der Waals surface area contributed by atoms with Gasteiger partial charge in [-0.05, 0) is 57.2 Å². The van der Waals surface area contributed by atoms with Gasteiger partial charge in [0.05, 0.1) is 13.7 Å². The minimum Gasteiger partial charge on any atom is -0.493 e. The molecular formula is C19H27NO5. The number of nitrogens with one attached hydrogen (secondary N) is 1. The normalized spacial score (nSPS) is 15.2. The first-order valence-electron chi connectivity index (χ1n) is 8.56. The molecule has 25 heavy (non-hydrogen) atoms. The van der Waals surface area contributed by atoms with Crippen LogP contribution in [0.2, 0.25) is 0 Å². The minimum absolute atomic E-state index is 0.314. The lowest BCUT2D eigenvalue weighted by atomic mass is 10.1. The van der Waals surface area contributed by atoms with Crippen LogP contribution >= 0.6 is 0 Å². The first kappa shape index (κ1) is 19.1. The van der Waals surface area contributed by atoms with Crippen LogP contribution in [0.15, 0.2) is 24.3 Å². The molecule has 6 nitrogen and oxygen atoms in total. The number of alkyl carbamates (subject to hydrolysis) is 1. The smallest absolute Gasteiger partial charge is 0.408 e. The van der Waals surface area contributed by atoms with Crippen molar-refractivity contribution in [1.82, 2.24) is 5.32 Å². The van der Waals surface area contributed by atoms with Crippen molar-refractivity contribution >= 4 is 12.1 Å². The molecule has 0 saturated heterocycles. The summed E-state index contributed by atoms with van der Waals surface area (Å²) in [5.41, 5.74) is 0.260. The highest BCUT2D eigenvalue weighted by Gasteiger charge is 2.25. The number of hydrogen-bond donors (Lipinski definition) is 1. The van der Waals surface area contributed by atoms with Gasteiger partial charge in [0.1, 0.15) is 17.4 Å². The maximum absolute atomic E-state index is 12.0. The van der Waals surface area contributed by atoms with Gasteiger partial charge in [-0.15, -0.1) is 0 Å². The zero-order valence-corrected chi connectivity index (χ0v) is 15.3. The lowest BCUT2D eigenvalue weighted by Gasteiger charge is -2.22. The van der Waals surface area contributed by atoms with E-state index in [2.05, 4.69) is 5.32 Å². The molecule has 1 aromatic rings. The average molecular weight is 349 g/mol. The Morgan fingerprint density at radius 1 is 1.20 bits per heavy atom. The van der Waals surface area contributed by atoms with Crippen LogP contribution in [-0.2, 0) is 20.7 Å². The maximum Gasteiger partial charge on any atom is 0.408 e. The molecule has 0 aliphatic heterocycles. The fourth-order valence-electron chi connectivity index (χ4n) is 2.24. The van der Waals surface area contributed by atoms with E-state index >= 15 is 0 Å². The lowest BCUT2D eigenvalue weighted by Crippen LogP contribution is -2.45. The third kappa shape index (κ3) is 7.03. The van der Waals surface area contributed by atoms with Crippen molar-refractivity contribution in [2.75, 3.05) is 13.7 Å². The van der Waals surface area contributed by atoms with Crippen molar-refractivity contribution in [1.29, 1.82) is 0 Å². The molecule has 1 fully saturated rings. The molecule has 1 aliphatic rings. The van der Waals surface area contributed by atoms with E-state index in [4.69, 9.17) is 14.2 Å². The first-order chi connectivity index (χ1) is 11.8. The van der Waals surface area contributed by atoms with Gasteiger partial charge in [-0.3, -0.25) is 0 Å². The molecule has 1 N–H and O–H groups in total. The Kier molecular flexibility index (Phi) is 6.28. The number of carbonyl (C=O) groups is 2. The largest absolute Gasteiger partial charge is 0.493 e. The van der Waals surface area contributed by atoms with Crippen LogP contribution in [0.1, 0.15) is 39.2 Å². The van der Waals surface area contributed by atoms with E-state index in [0.717, 1.165) is 17.9 Å². The van der Waals surface area contributed by atoms with E-state index in [1.165, 1.54) is 20.0 Å². The summed E-state index contributed by atoms with van der Waals surface area (Å²) >= 11 is 0. The predicted octanol–water partition coefficient (Wildman–Crippen LogP) is 3.08. The van der Waals surface area contributed by atoms with Gasteiger partial charge >= 0.3 is 12.1 Å². The molecule has 1 aliphatic carbocycles. The molecule has 1 amide bonds. The summed E-state index contributed by atoms with van der Waals surface area (Å²) in [4.78, 5) is 23.9. The van der Waals surface area contributed by atoms with Crippen molar-refractivity contribution in [3.8, 4) is 5.75 Å². The van der Waals surface area contributed by atoms with Crippen LogP contribution in [0.25, 0.3) is 0 Å². The monoisotopic (exact) mass is 349 g/mol. The molecule has 0 heterocycles. The molecule has 138 valence electrons. The standard InChI is InChI=1S/C19H27NO5/c1-19(2,3)25-18(22)20-16(17(21)23-4)11-13-7-9-15(10-8-13)24-12-14-5-6-14/h7-10,14,16H,5-6,11-12H2,1-4H3,(H,20,22)/t16-/m0/s1. The van der Waals surface area contributed by atoms with Gasteiger partial charge in [-0.25, -0.2) is 9.59 Å². The third-order valence-corrected chi connectivity index (χ3v) is 3.72. The number of methoxy groups -OCH3 is 1. The van der Waals surface area contributed by atoms with Gasteiger partial charge < -0.3 is 19.5 Å². The summed E-state index contributed by atoms with van der Waals surface area (Å²) < 4.78 is 15.7. The van der Waals surface area contributed by atoms with Crippen LogP contribution in [0.4, 0.5) is 4.79 Å². The number of benzene rings is 1. The van der Waals surface area contributed by atoms with E-state index < -0.39 is 23.7 Å². The van der Waals surface area contributed by atoms with Crippen LogP contribution in [0.3, 0.4) is 0 Å². The summed E-state index contributed by atoms with van der Waals surface area (Å²) in [6, 6.07) is 6.71. The van der Waals surface area contributed by atoms with Gasteiger partial charge in [0, 0.05) is 6.42 Å². The highest BCUT2D eigenvalue weighted by molar-refractivity contribution is 5.81. The number of esters is 1. The van der Waals surface area contributed by atoms with Crippen molar-refractivity contribution < 1.29 is 23.8 Å². The SMILES string of the molecule is COC(=O)[C@H](Cc1ccc(OCC2CC2)cc1)NC(=O)OC(C)(C)C. The van der Waals surface area contributed by atoms with Crippen molar-refractivity contribution in [2.45, 2.75) is 51.7 Å². The summed E-state index contributed by atoms with van der Waals surface area (Å²) in [6.07, 6.45) is 2.16. The Bertz CT molecular complexity index is 587. The first-order valence-corrected chi connectivity index (χ1v) is 8.56. The molecule has 6 heteroatoms. The maximum atomic E-state index is 12.0. The lowest BCUT2D eigenvalue weighted by molar-refractivity contribution is -0.143. The molecule has 0 aromatic heterocycles. The fraction of sp³-hybridized carbons (Fsp3) is 0.579. The molecule has 0 unspecified atom stereocenters. The van der Waals surface area contributed by atoms with Gasteiger partial charge in [-0.2, -0.15) is 0 Å². The van der Waals surface area contributed by atoms with Crippen molar-refractivity contribution in [3.05, 3.63) is 29.8 Å². The number of rotatable bonds is 7. The highest BCUT2D eigenvalue weighted by atomic mass is 16.6. The van der Waals surface area contributed by atoms with Crippen molar-refractivity contribution in [2.24, 2.45) is 5.92 Å². The topological polar surface area (TPSA) is 73.9 Å². The molecule has 0 bridgehead atoms. The van der Waals surface area contributed by atoms with E-state index in [9.17, 15) is 9.59 Å². The van der Waals surface area contributed by atoms with Crippen LogP contribution < -0.4 is 10.1 Å². The van der Waals surface area contributed by atoms with E-state index in [1.54, 1.807) is 20.8 Å². The number of ether oxygens (including phenoxy) is 3. The molecule has 1 atom stereocenters. The van der Waals surface area contributed by atoms with E-state index in [-0.39, 0.29) is 0 Å². The van der Waals surface area contributed by atoms with Crippen LogP contribution in [0, 0.1) is 5.92 Å². The highest BCUT2D eigenvalue weighted by Crippen LogP contribution is 2.29. The summed E-state index contributed by atoms with van der Waals surface area (Å²) in [6.45, 7) is 6.05. The van der Waals surface area contributed by atoms with E-state index in [1.807, 2.05) is 24.3 Å². The second-order valence-electron chi connectivity index (χ2n) is 7.32. The Morgan fingerprint density at radius 2 is 1.84 bits per heavy atom. The minimum atomic E-state index is -0.807. The van der Waals surface area contributed by atoms with Gasteiger partial charge in [0.25, 0.3) is 0 Å². The molecule has 1 aromatic carbocycles. The van der Waals surface area contributed by atoms with Crippen LogP contribution in [-0.4, -0.2) is 37.4 Å².